The number of carbonyl (C=O) groups excluding carboxylic acids is 2. The summed E-state index contributed by atoms with van der Waals surface area (Å²) in [7, 11) is -2.36. The number of anilines is 2. The van der Waals surface area contributed by atoms with Crippen LogP contribution in [0.15, 0.2) is 53.4 Å². The number of carboxylic acid groups (broad SMARTS) is 1. The molecule has 0 fully saturated rings. The SMILES string of the molecule is CNC(=O)c1ccc(S(=O)(=O)Nc2ccc(NC(=O)CCCC(=O)O)cc2)cc1. The number of benzene rings is 2. The number of amides is 2. The van der Waals surface area contributed by atoms with Gasteiger partial charge in [0.15, 0.2) is 0 Å². The lowest BCUT2D eigenvalue weighted by atomic mass is 10.2. The lowest BCUT2D eigenvalue weighted by Crippen LogP contribution is -2.18. The average Bonchev–Trinajstić information content (AvgIpc) is 2.68. The maximum absolute atomic E-state index is 12.5. The van der Waals surface area contributed by atoms with E-state index in [1.807, 2.05) is 0 Å². The highest BCUT2D eigenvalue weighted by Crippen LogP contribution is 2.19. The molecule has 0 heterocycles. The Balaban J connectivity index is 1.98. The monoisotopic (exact) mass is 419 g/mol. The third-order valence-corrected chi connectivity index (χ3v) is 5.27. The highest BCUT2D eigenvalue weighted by Gasteiger charge is 2.15. The summed E-state index contributed by atoms with van der Waals surface area (Å²) in [6.45, 7) is 0. The van der Waals surface area contributed by atoms with Gasteiger partial charge < -0.3 is 15.7 Å². The van der Waals surface area contributed by atoms with Gasteiger partial charge >= 0.3 is 5.97 Å². The van der Waals surface area contributed by atoms with Gasteiger partial charge in [-0.05, 0) is 55.0 Å². The highest BCUT2D eigenvalue weighted by molar-refractivity contribution is 7.92. The third kappa shape index (κ3) is 6.61. The molecule has 154 valence electrons. The minimum atomic E-state index is -3.84. The number of rotatable bonds is 9. The van der Waals surface area contributed by atoms with Crippen LogP contribution >= 0.6 is 0 Å². The van der Waals surface area contributed by atoms with E-state index in [1.54, 1.807) is 0 Å². The van der Waals surface area contributed by atoms with E-state index >= 15 is 0 Å². The van der Waals surface area contributed by atoms with E-state index in [2.05, 4.69) is 15.4 Å². The van der Waals surface area contributed by atoms with Crippen molar-refractivity contribution >= 4 is 39.2 Å². The first-order chi connectivity index (χ1) is 13.7. The molecular formula is C19H21N3O6S. The second-order valence-electron chi connectivity index (χ2n) is 6.08. The van der Waals surface area contributed by atoms with Gasteiger partial charge in [0.25, 0.3) is 15.9 Å². The van der Waals surface area contributed by atoms with Crippen LogP contribution in [0.3, 0.4) is 0 Å². The molecule has 4 N–H and O–H groups in total. The van der Waals surface area contributed by atoms with Gasteiger partial charge in [-0.1, -0.05) is 0 Å². The Labute approximate surface area is 168 Å². The molecule has 0 aliphatic carbocycles. The Morgan fingerprint density at radius 1 is 0.897 bits per heavy atom. The molecular weight excluding hydrogens is 398 g/mol. The molecule has 0 unspecified atom stereocenters. The van der Waals surface area contributed by atoms with Gasteiger partial charge in [0.05, 0.1) is 4.90 Å². The standard InChI is InChI=1S/C19H21N3O6S/c1-20-19(26)13-5-11-16(12-6-13)29(27,28)22-15-9-7-14(8-10-15)21-17(23)3-2-4-18(24)25/h5-12,22H,2-4H2,1H3,(H,20,26)(H,21,23)(H,24,25). The first-order valence-electron chi connectivity index (χ1n) is 8.68. The van der Waals surface area contributed by atoms with E-state index in [0.717, 1.165) is 0 Å². The van der Waals surface area contributed by atoms with Crippen molar-refractivity contribution in [3.8, 4) is 0 Å². The number of hydrogen-bond donors (Lipinski definition) is 4. The first kappa shape index (κ1) is 21.9. The summed E-state index contributed by atoms with van der Waals surface area (Å²) < 4.78 is 27.3. The van der Waals surface area contributed by atoms with Crippen LogP contribution in [0.25, 0.3) is 0 Å². The van der Waals surface area contributed by atoms with Gasteiger partial charge in [0, 0.05) is 36.8 Å². The van der Waals surface area contributed by atoms with Crippen molar-refractivity contribution in [3.05, 3.63) is 54.1 Å². The lowest BCUT2D eigenvalue weighted by Gasteiger charge is -2.10. The molecule has 0 saturated heterocycles. The number of carbonyl (C=O) groups is 3. The summed E-state index contributed by atoms with van der Waals surface area (Å²) in [5.41, 5.74) is 1.10. The van der Waals surface area contributed by atoms with E-state index in [-0.39, 0.29) is 36.0 Å². The summed E-state index contributed by atoms with van der Waals surface area (Å²) >= 11 is 0. The highest BCUT2D eigenvalue weighted by atomic mass is 32.2. The molecule has 0 spiro atoms. The summed E-state index contributed by atoms with van der Waals surface area (Å²) in [6, 6.07) is 11.5. The van der Waals surface area contributed by atoms with E-state index in [0.29, 0.717) is 16.9 Å². The average molecular weight is 419 g/mol. The van der Waals surface area contributed by atoms with Gasteiger partial charge in [-0.2, -0.15) is 0 Å². The van der Waals surface area contributed by atoms with E-state index in [4.69, 9.17) is 5.11 Å². The zero-order chi connectivity index (χ0) is 21.4. The predicted molar refractivity (Wildman–Crippen MR) is 107 cm³/mol. The molecule has 2 aromatic rings. The molecule has 29 heavy (non-hydrogen) atoms. The summed E-state index contributed by atoms with van der Waals surface area (Å²) in [5.74, 6) is -1.60. The third-order valence-electron chi connectivity index (χ3n) is 3.87. The smallest absolute Gasteiger partial charge is 0.303 e. The Morgan fingerprint density at radius 3 is 2.03 bits per heavy atom. The van der Waals surface area contributed by atoms with Gasteiger partial charge in [-0.25, -0.2) is 8.42 Å². The Hall–Kier alpha value is -3.40. The maximum atomic E-state index is 12.5. The molecule has 2 amide bonds. The molecule has 0 aliphatic rings. The normalized spacial score (nSPS) is 10.8. The van der Waals surface area contributed by atoms with Crippen LogP contribution in [0.2, 0.25) is 0 Å². The number of carboxylic acids is 1. The van der Waals surface area contributed by atoms with Gasteiger partial charge in [-0.15, -0.1) is 0 Å². The largest absolute Gasteiger partial charge is 0.481 e. The van der Waals surface area contributed by atoms with Crippen LogP contribution in [0, 0.1) is 0 Å². The second kappa shape index (κ2) is 9.69. The fourth-order valence-electron chi connectivity index (χ4n) is 2.39. The van der Waals surface area contributed by atoms with Crippen molar-refractivity contribution in [2.45, 2.75) is 24.2 Å². The van der Waals surface area contributed by atoms with E-state index in [1.165, 1.54) is 55.6 Å². The van der Waals surface area contributed by atoms with Crippen molar-refractivity contribution in [1.82, 2.24) is 5.32 Å². The fraction of sp³-hybridized carbons (Fsp3) is 0.211. The molecule has 0 aromatic heterocycles. The molecule has 0 radical (unpaired) electrons. The summed E-state index contributed by atoms with van der Waals surface area (Å²) in [4.78, 5) is 33.7. The van der Waals surface area contributed by atoms with Crippen LogP contribution in [-0.2, 0) is 19.6 Å². The molecule has 0 saturated carbocycles. The molecule has 2 aromatic carbocycles. The molecule has 0 atom stereocenters. The minimum absolute atomic E-state index is 0.000892. The van der Waals surface area contributed by atoms with Gasteiger partial charge in [0.1, 0.15) is 0 Å². The fourth-order valence-corrected chi connectivity index (χ4v) is 3.45. The van der Waals surface area contributed by atoms with Crippen LogP contribution < -0.4 is 15.4 Å². The molecule has 10 heteroatoms. The van der Waals surface area contributed by atoms with Crippen LogP contribution in [0.1, 0.15) is 29.6 Å². The van der Waals surface area contributed by atoms with Crippen molar-refractivity contribution in [1.29, 1.82) is 0 Å². The van der Waals surface area contributed by atoms with E-state index in [9.17, 15) is 22.8 Å². The second-order valence-corrected chi connectivity index (χ2v) is 7.76. The zero-order valence-corrected chi connectivity index (χ0v) is 16.5. The van der Waals surface area contributed by atoms with Crippen LogP contribution in [0.4, 0.5) is 11.4 Å². The Morgan fingerprint density at radius 2 is 1.48 bits per heavy atom. The topological polar surface area (TPSA) is 142 Å². The van der Waals surface area contributed by atoms with Gasteiger partial charge in [0.2, 0.25) is 5.91 Å². The first-order valence-corrected chi connectivity index (χ1v) is 10.2. The van der Waals surface area contributed by atoms with E-state index < -0.39 is 16.0 Å². The Bertz CT molecular complexity index is 986. The van der Waals surface area contributed by atoms with Crippen LogP contribution in [0.5, 0.6) is 0 Å². The predicted octanol–water partition coefficient (Wildman–Crippen LogP) is 2.04. The van der Waals surface area contributed by atoms with Crippen molar-refractivity contribution in [2.24, 2.45) is 0 Å². The maximum Gasteiger partial charge on any atom is 0.303 e. The molecule has 9 nitrogen and oxygen atoms in total. The molecule has 2 rings (SSSR count). The minimum Gasteiger partial charge on any atom is -0.481 e. The lowest BCUT2D eigenvalue weighted by molar-refractivity contribution is -0.137. The van der Waals surface area contributed by atoms with Crippen molar-refractivity contribution in [3.63, 3.8) is 0 Å². The number of nitrogens with one attached hydrogen (secondary N) is 3. The summed E-state index contributed by atoms with van der Waals surface area (Å²) in [6.07, 6.45) is 0.225. The quantitative estimate of drug-likeness (QED) is 0.490. The van der Waals surface area contributed by atoms with Gasteiger partial charge in [-0.3, -0.25) is 19.1 Å². The number of sulfonamides is 1. The van der Waals surface area contributed by atoms with Crippen LogP contribution in [-0.4, -0.2) is 38.4 Å². The summed E-state index contributed by atoms with van der Waals surface area (Å²) in [5, 5.41) is 13.6. The zero-order valence-electron chi connectivity index (χ0n) is 15.6. The van der Waals surface area contributed by atoms with Crippen molar-refractivity contribution < 1.29 is 27.9 Å². The molecule has 0 bridgehead atoms. The Kier molecular flexibility index (Phi) is 7.32. The number of aliphatic carboxylic acids is 1. The molecule has 0 aliphatic heterocycles. The number of hydrogen-bond acceptors (Lipinski definition) is 5. The van der Waals surface area contributed by atoms with Crippen molar-refractivity contribution in [2.75, 3.05) is 17.1 Å².